The van der Waals surface area contributed by atoms with Crippen molar-refractivity contribution in [3.05, 3.63) is 29.8 Å². The standard InChI is InChI=1S/C13H19NO2/c15-13-3-1-11(2-4-13)9-14-10-12-5-7-16-8-6-12/h1-4,12,14-15H,5-10H2. The Kier molecular flexibility index (Phi) is 4.19. The lowest BCUT2D eigenvalue weighted by molar-refractivity contribution is 0.0662. The number of hydrogen-bond acceptors (Lipinski definition) is 3. The van der Waals surface area contributed by atoms with E-state index in [4.69, 9.17) is 9.84 Å². The minimum absolute atomic E-state index is 0.327. The van der Waals surface area contributed by atoms with E-state index in [9.17, 15) is 0 Å². The summed E-state index contributed by atoms with van der Waals surface area (Å²) in [6.45, 7) is 3.75. The van der Waals surface area contributed by atoms with E-state index in [0.717, 1.165) is 32.2 Å². The SMILES string of the molecule is Oc1ccc(CNCC2CCOCC2)cc1. The molecule has 0 unspecified atom stereocenters. The van der Waals surface area contributed by atoms with Gasteiger partial charge in [0.25, 0.3) is 0 Å². The van der Waals surface area contributed by atoms with Crippen LogP contribution in [0.5, 0.6) is 5.75 Å². The Hall–Kier alpha value is -1.06. The zero-order chi connectivity index (χ0) is 11.2. The fraction of sp³-hybridized carbons (Fsp3) is 0.538. The maximum Gasteiger partial charge on any atom is 0.115 e. The van der Waals surface area contributed by atoms with Gasteiger partial charge in [-0.25, -0.2) is 0 Å². The van der Waals surface area contributed by atoms with Crippen LogP contribution in [0.4, 0.5) is 0 Å². The van der Waals surface area contributed by atoms with Crippen molar-refractivity contribution in [2.75, 3.05) is 19.8 Å². The second-order valence-corrected chi connectivity index (χ2v) is 4.35. The summed E-state index contributed by atoms with van der Waals surface area (Å²) in [4.78, 5) is 0. The van der Waals surface area contributed by atoms with Gasteiger partial charge in [0, 0.05) is 19.8 Å². The molecule has 88 valence electrons. The monoisotopic (exact) mass is 221 g/mol. The van der Waals surface area contributed by atoms with Crippen LogP contribution in [-0.2, 0) is 11.3 Å². The van der Waals surface area contributed by atoms with E-state index in [1.807, 2.05) is 12.1 Å². The summed E-state index contributed by atoms with van der Waals surface area (Å²) in [5, 5.41) is 12.6. The molecule has 0 bridgehead atoms. The van der Waals surface area contributed by atoms with Gasteiger partial charge in [0.1, 0.15) is 5.75 Å². The molecule has 1 aliphatic rings. The lowest BCUT2D eigenvalue weighted by atomic mass is 10.0. The number of rotatable bonds is 4. The number of benzene rings is 1. The fourth-order valence-electron chi connectivity index (χ4n) is 1.98. The van der Waals surface area contributed by atoms with E-state index in [1.165, 1.54) is 18.4 Å². The van der Waals surface area contributed by atoms with Gasteiger partial charge in [0.2, 0.25) is 0 Å². The predicted molar refractivity (Wildman–Crippen MR) is 63.4 cm³/mol. The van der Waals surface area contributed by atoms with E-state index < -0.39 is 0 Å². The summed E-state index contributed by atoms with van der Waals surface area (Å²) in [6.07, 6.45) is 2.34. The van der Waals surface area contributed by atoms with Crippen LogP contribution in [0.25, 0.3) is 0 Å². The van der Waals surface area contributed by atoms with Gasteiger partial charge in [0.05, 0.1) is 0 Å². The van der Waals surface area contributed by atoms with Gasteiger partial charge in [-0.05, 0) is 43.0 Å². The van der Waals surface area contributed by atoms with Crippen LogP contribution in [0.2, 0.25) is 0 Å². The van der Waals surface area contributed by atoms with E-state index in [2.05, 4.69) is 5.32 Å². The molecule has 2 N–H and O–H groups in total. The van der Waals surface area contributed by atoms with Crippen molar-refractivity contribution in [2.45, 2.75) is 19.4 Å². The van der Waals surface area contributed by atoms with Crippen LogP contribution < -0.4 is 5.32 Å². The molecule has 0 aromatic heterocycles. The Balaban J connectivity index is 1.69. The Morgan fingerprint density at radius 2 is 1.88 bits per heavy atom. The molecule has 3 nitrogen and oxygen atoms in total. The minimum Gasteiger partial charge on any atom is -0.508 e. The minimum atomic E-state index is 0.327. The Bertz CT molecular complexity index is 304. The molecule has 1 saturated heterocycles. The molecule has 0 spiro atoms. The van der Waals surface area contributed by atoms with Crippen molar-refractivity contribution in [3.63, 3.8) is 0 Å². The van der Waals surface area contributed by atoms with Crippen molar-refractivity contribution in [2.24, 2.45) is 5.92 Å². The smallest absolute Gasteiger partial charge is 0.115 e. The van der Waals surface area contributed by atoms with E-state index in [0.29, 0.717) is 5.75 Å². The Morgan fingerprint density at radius 1 is 1.19 bits per heavy atom. The topological polar surface area (TPSA) is 41.5 Å². The lowest BCUT2D eigenvalue weighted by Gasteiger charge is -2.22. The zero-order valence-corrected chi connectivity index (χ0v) is 9.48. The van der Waals surface area contributed by atoms with Crippen LogP contribution in [0, 0.1) is 5.92 Å². The second kappa shape index (κ2) is 5.87. The summed E-state index contributed by atoms with van der Waals surface area (Å²) < 4.78 is 5.32. The molecule has 0 radical (unpaired) electrons. The third-order valence-electron chi connectivity index (χ3n) is 3.04. The van der Waals surface area contributed by atoms with Crippen LogP contribution in [0.1, 0.15) is 18.4 Å². The van der Waals surface area contributed by atoms with Crippen LogP contribution in [0.15, 0.2) is 24.3 Å². The van der Waals surface area contributed by atoms with Crippen LogP contribution >= 0.6 is 0 Å². The molecule has 3 heteroatoms. The maximum absolute atomic E-state index is 9.15. The largest absolute Gasteiger partial charge is 0.508 e. The Morgan fingerprint density at radius 3 is 2.56 bits per heavy atom. The first-order valence-electron chi connectivity index (χ1n) is 5.91. The van der Waals surface area contributed by atoms with Crippen molar-refractivity contribution < 1.29 is 9.84 Å². The fourth-order valence-corrected chi connectivity index (χ4v) is 1.98. The molecule has 0 amide bonds. The molecule has 1 heterocycles. The molecule has 1 aromatic carbocycles. The molecule has 16 heavy (non-hydrogen) atoms. The number of nitrogens with one attached hydrogen (secondary N) is 1. The molecule has 1 fully saturated rings. The number of ether oxygens (including phenoxy) is 1. The summed E-state index contributed by atoms with van der Waals surface area (Å²) in [7, 11) is 0. The van der Waals surface area contributed by atoms with Gasteiger partial charge in [0.15, 0.2) is 0 Å². The molecule has 1 aliphatic heterocycles. The number of hydrogen-bond donors (Lipinski definition) is 2. The highest BCUT2D eigenvalue weighted by molar-refractivity contribution is 5.25. The lowest BCUT2D eigenvalue weighted by Crippen LogP contribution is -2.27. The predicted octanol–water partition coefficient (Wildman–Crippen LogP) is 1.91. The summed E-state index contributed by atoms with van der Waals surface area (Å²) in [6, 6.07) is 7.36. The van der Waals surface area contributed by atoms with Crippen LogP contribution in [0.3, 0.4) is 0 Å². The molecule has 0 aliphatic carbocycles. The van der Waals surface area contributed by atoms with Crippen molar-refractivity contribution >= 4 is 0 Å². The number of aromatic hydroxyl groups is 1. The maximum atomic E-state index is 9.15. The zero-order valence-electron chi connectivity index (χ0n) is 9.48. The first kappa shape index (κ1) is 11.4. The van der Waals surface area contributed by atoms with Crippen molar-refractivity contribution in [1.29, 1.82) is 0 Å². The van der Waals surface area contributed by atoms with Gasteiger partial charge in [-0.3, -0.25) is 0 Å². The van der Waals surface area contributed by atoms with Gasteiger partial charge >= 0.3 is 0 Å². The van der Waals surface area contributed by atoms with E-state index in [1.54, 1.807) is 12.1 Å². The summed E-state index contributed by atoms with van der Waals surface area (Å²) in [5.41, 5.74) is 1.21. The third-order valence-corrected chi connectivity index (χ3v) is 3.04. The highest BCUT2D eigenvalue weighted by atomic mass is 16.5. The highest BCUT2D eigenvalue weighted by Crippen LogP contribution is 2.14. The van der Waals surface area contributed by atoms with Gasteiger partial charge in [-0.15, -0.1) is 0 Å². The normalized spacial score (nSPS) is 17.5. The van der Waals surface area contributed by atoms with Gasteiger partial charge < -0.3 is 15.2 Å². The van der Waals surface area contributed by atoms with Crippen molar-refractivity contribution in [3.8, 4) is 5.75 Å². The quantitative estimate of drug-likeness (QED) is 0.816. The summed E-state index contributed by atoms with van der Waals surface area (Å²) in [5.74, 6) is 1.08. The molecular formula is C13H19NO2. The Labute approximate surface area is 96.4 Å². The first-order valence-corrected chi connectivity index (χ1v) is 5.91. The molecule has 1 aromatic rings. The van der Waals surface area contributed by atoms with Crippen LogP contribution in [-0.4, -0.2) is 24.9 Å². The number of phenolic OH excluding ortho intramolecular Hbond substituents is 1. The molecule has 2 rings (SSSR count). The second-order valence-electron chi connectivity index (χ2n) is 4.35. The number of phenols is 1. The average molecular weight is 221 g/mol. The molecule has 0 atom stereocenters. The van der Waals surface area contributed by atoms with E-state index >= 15 is 0 Å². The average Bonchev–Trinajstić information content (AvgIpc) is 2.33. The third kappa shape index (κ3) is 3.51. The summed E-state index contributed by atoms with van der Waals surface area (Å²) >= 11 is 0. The highest BCUT2D eigenvalue weighted by Gasteiger charge is 2.12. The van der Waals surface area contributed by atoms with Crippen molar-refractivity contribution in [1.82, 2.24) is 5.32 Å². The molecular weight excluding hydrogens is 202 g/mol. The van der Waals surface area contributed by atoms with Gasteiger partial charge in [-0.1, -0.05) is 12.1 Å². The first-order chi connectivity index (χ1) is 7.84. The van der Waals surface area contributed by atoms with E-state index in [-0.39, 0.29) is 0 Å². The van der Waals surface area contributed by atoms with Gasteiger partial charge in [-0.2, -0.15) is 0 Å². The molecule has 0 saturated carbocycles.